The molecule has 0 saturated carbocycles. The van der Waals surface area contributed by atoms with Crippen LogP contribution in [0, 0.1) is 13.8 Å². The quantitative estimate of drug-likeness (QED) is 0.357. The molecule has 0 aliphatic rings. The van der Waals surface area contributed by atoms with Crippen molar-refractivity contribution in [2.45, 2.75) is 26.3 Å². The molecular formula is C27H27NO5. The van der Waals surface area contributed by atoms with Gasteiger partial charge in [-0.3, -0.25) is 9.59 Å². The van der Waals surface area contributed by atoms with Crippen LogP contribution >= 0.6 is 0 Å². The SMILES string of the molecule is COc1ccccc1N[C@H](CC(=O)c1ccccc1)C(=O)OCC(=O)c1ccc(C)c(C)c1. The molecule has 33 heavy (non-hydrogen) atoms. The van der Waals surface area contributed by atoms with Crippen LogP contribution < -0.4 is 10.1 Å². The summed E-state index contributed by atoms with van der Waals surface area (Å²) >= 11 is 0. The number of nitrogens with one attached hydrogen (secondary N) is 1. The number of carbonyl (C=O) groups excluding carboxylic acids is 3. The van der Waals surface area contributed by atoms with Crippen LogP contribution in [-0.4, -0.2) is 37.3 Å². The Morgan fingerprint density at radius 2 is 1.52 bits per heavy atom. The molecule has 0 bridgehead atoms. The van der Waals surface area contributed by atoms with E-state index in [4.69, 9.17) is 9.47 Å². The maximum atomic E-state index is 12.9. The van der Waals surface area contributed by atoms with Gasteiger partial charge in [-0.1, -0.05) is 54.6 Å². The molecule has 0 saturated heterocycles. The van der Waals surface area contributed by atoms with E-state index in [1.807, 2.05) is 26.0 Å². The lowest BCUT2D eigenvalue weighted by Crippen LogP contribution is -2.35. The van der Waals surface area contributed by atoms with Gasteiger partial charge in [-0.15, -0.1) is 0 Å². The molecule has 0 heterocycles. The zero-order valence-electron chi connectivity index (χ0n) is 19.0. The van der Waals surface area contributed by atoms with E-state index < -0.39 is 18.6 Å². The summed E-state index contributed by atoms with van der Waals surface area (Å²) < 4.78 is 10.7. The highest BCUT2D eigenvalue weighted by Gasteiger charge is 2.26. The van der Waals surface area contributed by atoms with E-state index >= 15 is 0 Å². The number of ether oxygens (including phenoxy) is 2. The molecular weight excluding hydrogens is 418 g/mol. The molecule has 0 amide bonds. The summed E-state index contributed by atoms with van der Waals surface area (Å²) in [6.45, 7) is 3.47. The first-order chi connectivity index (χ1) is 15.9. The summed E-state index contributed by atoms with van der Waals surface area (Å²) in [4.78, 5) is 38.3. The lowest BCUT2D eigenvalue weighted by atomic mass is 10.0. The second kappa shape index (κ2) is 11.1. The first-order valence-corrected chi connectivity index (χ1v) is 10.6. The van der Waals surface area contributed by atoms with E-state index in [2.05, 4.69) is 5.32 Å². The van der Waals surface area contributed by atoms with Crippen LogP contribution in [0.1, 0.15) is 38.3 Å². The number of Topliss-reactive ketones (excluding diaryl/α,β-unsaturated/α-hetero) is 2. The molecule has 3 aromatic carbocycles. The Morgan fingerprint density at radius 1 is 0.818 bits per heavy atom. The van der Waals surface area contributed by atoms with Gasteiger partial charge in [0.1, 0.15) is 11.8 Å². The molecule has 0 spiro atoms. The van der Waals surface area contributed by atoms with Gasteiger partial charge in [0.2, 0.25) is 0 Å². The number of para-hydroxylation sites is 2. The molecule has 6 nitrogen and oxygen atoms in total. The van der Waals surface area contributed by atoms with Crippen molar-refractivity contribution < 1.29 is 23.9 Å². The number of anilines is 1. The summed E-state index contributed by atoms with van der Waals surface area (Å²) in [5.41, 5.74) is 3.56. The fourth-order valence-corrected chi connectivity index (χ4v) is 3.31. The minimum absolute atomic E-state index is 0.140. The summed E-state index contributed by atoms with van der Waals surface area (Å²) in [6.07, 6.45) is -0.140. The number of methoxy groups -OCH3 is 1. The Hall–Kier alpha value is -3.93. The van der Waals surface area contributed by atoms with Crippen LogP contribution in [0.15, 0.2) is 72.8 Å². The van der Waals surface area contributed by atoms with Crippen LogP contribution in [0.2, 0.25) is 0 Å². The molecule has 0 aliphatic carbocycles. The normalized spacial score (nSPS) is 11.4. The molecule has 0 radical (unpaired) electrons. The number of esters is 1. The Bertz CT molecular complexity index is 1140. The van der Waals surface area contributed by atoms with Crippen molar-refractivity contribution in [2.24, 2.45) is 0 Å². The van der Waals surface area contributed by atoms with Crippen LogP contribution in [0.4, 0.5) is 5.69 Å². The van der Waals surface area contributed by atoms with Gasteiger partial charge in [-0.05, 0) is 43.2 Å². The van der Waals surface area contributed by atoms with Crippen molar-refractivity contribution in [3.63, 3.8) is 0 Å². The number of hydrogen-bond acceptors (Lipinski definition) is 6. The molecule has 0 fully saturated rings. The van der Waals surface area contributed by atoms with Crippen molar-refractivity contribution in [1.82, 2.24) is 0 Å². The fourth-order valence-electron chi connectivity index (χ4n) is 3.31. The number of hydrogen-bond donors (Lipinski definition) is 1. The van der Waals surface area contributed by atoms with Gasteiger partial charge in [0, 0.05) is 17.5 Å². The number of benzene rings is 3. The molecule has 3 aromatic rings. The predicted molar refractivity (Wildman–Crippen MR) is 127 cm³/mol. The lowest BCUT2D eigenvalue weighted by molar-refractivity contribution is -0.143. The molecule has 170 valence electrons. The van der Waals surface area contributed by atoms with Gasteiger partial charge >= 0.3 is 5.97 Å². The minimum Gasteiger partial charge on any atom is -0.495 e. The van der Waals surface area contributed by atoms with E-state index in [9.17, 15) is 14.4 Å². The van der Waals surface area contributed by atoms with Gasteiger partial charge in [-0.2, -0.15) is 0 Å². The zero-order valence-corrected chi connectivity index (χ0v) is 19.0. The van der Waals surface area contributed by atoms with E-state index in [-0.39, 0.29) is 18.0 Å². The van der Waals surface area contributed by atoms with Gasteiger partial charge in [0.25, 0.3) is 0 Å². The van der Waals surface area contributed by atoms with E-state index in [1.54, 1.807) is 60.7 Å². The van der Waals surface area contributed by atoms with E-state index in [0.29, 0.717) is 22.6 Å². The third kappa shape index (κ3) is 6.29. The van der Waals surface area contributed by atoms with E-state index in [0.717, 1.165) is 11.1 Å². The highest BCUT2D eigenvalue weighted by atomic mass is 16.5. The van der Waals surface area contributed by atoms with Gasteiger partial charge in [-0.25, -0.2) is 4.79 Å². The number of rotatable bonds is 10. The van der Waals surface area contributed by atoms with Gasteiger partial charge < -0.3 is 14.8 Å². The number of aryl methyl sites for hydroxylation is 2. The molecule has 6 heteroatoms. The van der Waals surface area contributed by atoms with Gasteiger partial charge in [0.05, 0.1) is 12.8 Å². The minimum atomic E-state index is -0.999. The second-order valence-corrected chi connectivity index (χ2v) is 7.72. The molecule has 1 atom stereocenters. The van der Waals surface area contributed by atoms with Crippen LogP contribution in [0.5, 0.6) is 5.75 Å². The molecule has 1 N–H and O–H groups in total. The average molecular weight is 446 g/mol. The van der Waals surface area contributed by atoms with Crippen molar-refractivity contribution in [1.29, 1.82) is 0 Å². The second-order valence-electron chi connectivity index (χ2n) is 7.72. The fraction of sp³-hybridized carbons (Fsp3) is 0.222. The Labute approximate surface area is 193 Å². The van der Waals surface area contributed by atoms with Crippen LogP contribution in [0.25, 0.3) is 0 Å². The van der Waals surface area contributed by atoms with Crippen molar-refractivity contribution in [3.05, 3.63) is 95.1 Å². The largest absolute Gasteiger partial charge is 0.495 e. The lowest BCUT2D eigenvalue weighted by Gasteiger charge is -2.20. The summed E-state index contributed by atoms with van der Waals surface area (Å²) in [6, 6.07) is 20.1. The molecule has 0 unspecified atom stereocenters. The topological polar surface area (TPSA) is 81.7 Å². The number of carbonyl (C=O) groups is 3. The first-order valence-electron chi connectivity index (χ1n) is 10.6. The Morgan fingerprint density at radius 3 is 2.21 bits per heavy atom. The van der Waals surface area contributed by atoms with Crippen molar-refractivity contribution >= 4 is 23.2 Å². The maximum absolute atomic E-state index is 12.9. The number of ketones is 2. The highest BCUT2D eigenvalue weighted by Crippen LogP contribution is 2.25. The van der Waals surface area contributed by atoms with Crippen molar-refractivity contribution in [3.8, 4) is 5.75 Å². The smallest absolute Gasteiger partial charge is 0.329 e. The Balaban J connectivity index is 1.75. The van der Waals surface area contributed by atoms with Crippen LogP contribution in [-0.2, 0) is 9.53 Å². The summed E-state index contributed by atoms with van der Waals surface area (Å²) in [5, 5.41) is 3.05. The van der Waals surface area contributed by atoms with Crippen molar-refractivity contribution in [2.75, 3.05) is 19.0 Å². The predicted octanol–water partition coefficient (Wildman–Crippen LogP) is 4.79. The molecule has 3 rings (SSSR count). The maximum Gasteiger partial charge on any atom is 0.329 e. The molecule has 0 aliphatic heterocycles. The Kier molecular flexibility index (Phi) is 7.97. The summed E-state index contributed by atoms with van der Waals surface area (Å²) in [5.74, 6) is -0.701. The monoisotopic (exact) mass is 445 g/mol. The van der Waals surface area contributed by atoms with E-state index in [1.165, 1.54) is 7.11 Å². The zero-order chi connectivity index (χ0) is 23.8. The third-order valence-corrected chi connectivity index (χ3v) is 5.38. The molecule has 0 aromatic heterocycles. The third-order valence-electron chi connectivity index (χ3n) is 5.38. The average Bonchev–Trinajstić information content (AvgIpc) is 2.84. The highest BCUT2D eigenvalue weighted by molar-refractivity contribution is 6.01. The van der Waals surface area contributed by atoms with Gasteiger partial charge in [0.15, 0.2) is 18.2 Å². The first kappa shape index (κ1) is 23.7. The van der Waals surface area contributed by atoms with Crippen LogP contribution in [0.3, 0.4) is 0 Å². The standard InChI is InChI=1S/C27H27NO5/c1-18-13-14-21(15-19(18)2)25(30)17-33-27(31)23(16-24(29)20-9-5-4-6-10-20)28-22-11-7-8-12-26(22)32-3/h4-15,23,28H,16-17H2,1-3H3/t23-/m1/s1. The summed E-state index contributed by atoms with van der Waals surface area (Å²) in [7, 11) is 1.52.